The Morgan fingerprint density at radius 3 is 3.00 bits per heavy atom. The van der Waals surface area contributed by atoms with E-state index in [4.69, 9.17) is 9.84 Å². The lowest BCUT2D eigenvalue weighted by Gasteiger charge is -2.40. The van der Waals surface area contributed by atoms with Crippen molar-refractivity contribution in [1.82, 2.24) is 10.2 Å². The molecule has 2 N–H and O–H groups in total. The third-order valence-electron chi connectivity index (χ3n) is 3.07. The molecule has 0 radical (unpaired) electrons. The van der Waals surface area contributed by atoms with Crippen molar-refractivity contribution >= 4 is 11.9 Å². The number of piperidine rings is 1. The van der Waals surface area contributed by atoms with E-state index in [1.54, 1.807) is 0 Å². The predicted molar refractivity (Wildman–Crippen MR) is 55.0 cm³/mol. The van der Waals surface area contributed by atoms with Crippen LogP contribution in [0.5, 0.6) is 0 Å². The lowest BCUT2D eigenvalue weighted by Crippen LogP contribution is -2.60. The Morgan fingerprint density at radius 2 is 2.38 bits per heavy atom. The highest BCUT2D eigenvalue weighted by Crippen LogP contribution is 2.18. The highest BCUT2D eigenvalue weighted by atomic mass is 16.5. The number of carbonyl (C=O) groups is 2. The van der Waals surface area contributed by atoms with Gasteiger partial charge in [0.15, 0.2) is 6.04 Å². The number of hydrogen-bond acceptors (Lipinski definition) is 4. The second-order valence-electron chi connectivity index (χ2n) is 4.17. The molecule has 2 saturated heterocycles. The van der Waals surface area contributed by atoms with E-state index in [0.717, 1.165) is 19.4 Å². The maximum atomic E-state index is 11.7. The standard InChI is InChI=1S/C10H16N2O4/c13-9-6-16-5-8(10(14)15)12(9)7-2-1-3-11-4-7/h7-8,11H,1-6H2,(H,14,15). The van der Waals surface area contributed by atoms with Gasteiger partial charge in [-0.05, 0) is 19.4 Å². The van der Waals surface area contributed by atoms with E-state index in [2.05, 4.69) is 5.32 Å². The summed E-state index contributed by atoms with van der Waals surface area (Å²) < 4.78 is 4.98. The molecule has 0 aromatic rings. The molecule has 2 unspecified atom stereocenters. The Bertz CT molecular complexity index is 289. The number of nitrogens with zero attached hydrogens (tertiary/aromatic N) is 1. The van der Waals surface area contributed by atoms with Crippen molar-refractivity contribution in [3.63, 3.8) is 0 Å². The van der Waals surface area contributed by atoms with Gasteiger partial charge in [0.25, 0.3) is 0 Å². The smallest absolute Gasteiger partial charge is 0.328 e. The zero-order valence-electron chi connectivity index (χ0n) is 9.02. The van der Waals surface area contributed by atoms with Crippen molar-refractivity contribution in [2.75, 3.05) is 26.3 Å². The highest BCUT2D eigenvalue weighted by molar-refractivity contribution is 5.85. The summed E-state index contributed by atoms with van der Waals surface area (Å²) in [5.41, 5.74) is 0. The molecule has 6 heteroatoms. The van der Waals surface area contributed by atoms with Gasteiger partial charge in [-0.1, -0.05) is 0 Å². The minimum Gasteiger partial charge on any atom is -0.480 e. The van der Waals surface area contributed by atoms with Crippen LogP contribution < -0.4 is 5.32 Å². The van der Waals surface area contributed by atoms with Crippen LogP contribution in [-0.2, 0) is 14.3 Å². The van der Waals surface area contributed by atoms with Gasteiger partial charge in [0.2, 0.25) is 5.91 Å². The fourth-order valence-corrected chi connectivity index (χ4v) is 2.31. The summed E-state index contributed by atoms with van der Waals surface area (Å²) in [5, 5.41) is 12.2. The van der Waals surface area contributed by atoms with E-state index >= 15 is 0 Å². The van der Waals surface area contributed by atoms with Crippen LogP contribution in [0.1, 0.15) is 12.8 Å². The van der Waals surface area contributed by atoms with Crippen molar-refractivity contribution in [2.24, 2.45) is 0 Å². The van der Waals surface area contributed by atoms with E-state index in [1.165, 1.54) is 4.90 Å². The average Bonchev–Trinajstić information content (AvgIpc) is 2.29. The second-order valence-corrected chi connectivity index (χ2v) is 4.17. The Hall–Kier alpha value is -1.14. The summed E-state index contributed by atoms with van der Waals surface area (Å²) >= 11 is 0. The number of aliphatic carboxylic acids is 1. The van der Waals surface area contributed by atoms with Gasteiger partial charge in [-0.3, -0.25) is 4.79 Å². The maximum Gasteiger partial charge on any atom is 0.328 e. The number of rotatable bonds is 2. The van der Waals surface area contributed by atoms with Gasteiger partial charge >= 0.3 is 5.97 Å². The minimum atomic E-state index is -0.987. The lowest BCUT2D eigenvalue weighted by atomic mass is 10.0. The van der Waals surface area contributed by atoms with Gasteiger partial charge in [0, 0.05) is 12.6 Å². The molecule has 2 aliphatic heterocycles. The molecular weight excluding hydrogens is 212 g/mol. The summed E-state index contributed by atoms with van der Waals surface area (Å²) in [6.45, 7) is 1.71. The Balaban J connectivity index is 2.11. The van der Waals surface area contributed by atoms with E-state index in [1.807, 2.05) is 0 Å². The molecule has 2 fully saturated rings. The average molecular weight is 228 g/mol. The van der Waals surface area contributed by atoms with Crippen molar-refractivity contribution in [1.29, 1.82) is 0 Å². The highest BCUT2D eigenvalue weighted by Gasteiger charge is 2.38. The van der Waals surface area contributed by atoms with Gasteiger partial charge < -0.3 is 20.1 Å². The van der Waals surface area contributed by atoms with Crippen LogP contribution in [0.3, 0.4) is 0 Å². The molecule has 0 bridgehead atoms. The molecule has 2 atom stereocenters. The number of ether oxygens (including phenoxy) is 1. The monoisotopic (exact) mass is 228 g/mol. The predicted octanol–water partition coefficient (Wildman–Crippen LogP) is -0.950. The Labute approximate surface area is 93.6 Å². The number of carboxylic acids is 1. The molecule has 0 aromatic carbocycles. The van der Waals surface area contributed by atoms with Crippen molar-refractivity contribution < 1.29 is 19.4 Å². The van der Waals surface area contributed by atoms with Crippen LogP contribution in [0.4, 0.5) is 0 Å². The van der Waals surface area contributed by atoms with Crippen molar-refractivity contribution in [2.45, 2.75) is 24.9 Å². The summed E-state index contributed by atoms with van der Waals surface area (Å²) in [6, 6.07) is -0.836. The van der Waals surface area contributed by atoms with Gasteiger partial charge in [0.1, 0.15) is 6.61 Å². The SMILES string of the molecule is O=C(O)C1COCC(=O)N1C1CCCNC1. The van der Waals surface area contributed by atoms with E-state index in [0.29, 0.717) is 6.54 Å². The Morgan fingerprint density at radius 1 is 1.56 bits per heavy atom. The summed E-state index contributed by atoms with van der Waals surface area (Å²) in [5.74, 6) is -1.20. The molecule has 0 saturated carbocycles. The first-order valence-electron chi connectivity index (χ1n) is 5.52. The van der Waals surface area contributed by atoms with Gasteiger partial charge in [-0.15, -0.1) is 0 Å². The van der Waals surface area contributed by atoms with Crippen molar-refractivity contribution in [3.8, 4) is 0 Å². The third-order valence-corrected chi connectivity index (χ3v) is 3.07. The molecule has 2 rings (SSSR count). The summed E-state index contributed by atoms with van der Waals surface area (Å²) in [7, 11) is 0. The molecule has 0 aromatic heterocycles. The fourth-order valence-electron chi connectivity index (χ4n) is 2.31. The number of carboxylic acid groups (broad SMARTS) is 1. The van der Waals surface area contributed by atoms with Gasteiger partial charge in [0.05, 0.1) is 6.61 Å². The third kappa shape index (κ3) is 2.17. The lowest BCUT2D eigenvalue weighted by molar-refractivity contribution is -0.166. The first kappa shape index (κ1) is 11.3. The number of carbonyl (C=O) groups excluding carboxylic acids is 1. The maximum absolute atomic E-state index is 11.7. The van der Waals surface area contributed by atoms with Crippen molar-refractivity contribution in [3.05, 3.63) is 0 Å². The Kier molecular flexibility index (Phi) is 3.40. The molecule has 0 spiro atoms. The van der Waals surface area contributed by atoms with Crippen LogP contribution in [0, 0.1) is 0 Å². The zero-order valence-corrected chi connectivity index (χ0v) is 9.02. The fraction of sp³-hybridized carbons (Fsp3) is 0.800. The quantitative estimate of drug-likeness (QED) is 0.637. The minimum absolute atomic E-state index is 0.000278. The molecule has 2 aliphatic rings. The molecule has 16 heavy (non-hydrogen) atoms. The van der Waals surface area contributed by atoms with Gasteiger partial charge in [-0.25, -0.2) is 4.79 Å². The molecule has 6 nitrogen and oxygen atoms in total. The first-order valence-corrected chi connectivity index (χ1v) is 5.52. The summed E-state index contributed by atoms with van der Waals surface area (Å²) in [6.07, 6.45) is 1.84. The number of hydrogen-bond donors (Lipinski definition) is 2. The van der Waals surface area contributed by atoms with E-state index in [-0.39, 0.29) is 25.2 Å². The molecule has 0 aliphatic carbocycles. The topological polar surface area (TPSA) is 78.9 Å². The second kappa shape index (κ2) is 4.80. The number of amides is 1. The normalized spacial score (nSPS) is 31.5. The molecule has 2 heterocycles. The number of morpholine rings is 1. The van der Waals surface area contributed by atoms with E-state index < -0.39 is 12.0 Å². The summed E-state index contributed by atoms with van der Waals surface area (Å²) in [4.78, 5) is 24.3. The zero-order chi connectivity index (χ0) is 11.5. The molecule has 1 amide bonds. The van der Waals surface area contributed by atoms with E-state index in [9.17, 15) is 9.59 Å². The van der Waals surface area contributed by atoms with Crippen LogP contribution in [0.25, 0.3) is 0 Å². The number of nitrogens with one attached hydrogen (secondary N) is 1. The molecule has 90 valence electrons. The molecular formula is C10H16N2O4. The largest absolute Gasteiger partial charge is 0.480 e. The van der Waals surface area contributed by atoms with Crippen LogP contribution in [0.15, 0.2) is 0 Å². The van der Waals surface area contributed by atoms with Gasteiger partial charge in [-0.2, -0.15) is 0 Å². The van der Waals surface area contributed by atoms with Crippen LogP contribution in [0.2, 0.25) is 0 Å². The van der Waals surface area contributed by atoms with Crippen LogP contribution in [-0.4, -0.2) is 60.3 Å². The van der Waals surface area contributed by atoms with Crippen LogP contribution >= 0.6 is 0 Å². The first-order chi connectivity index (χ1) is 7.70.